The summed E-state index contributed by atoms with van der Waals surface area (Å²) < 4.78 is 0. The van der Waals surface area contributed by atoms with Gasteiger partial charge in [-0.1, -0.05) is 18.2 Å². The van der Waals surface area contributed by atoms with Gasteiger partial charge < -0.3 is 0 Å². The number of rotatable bonds is 1. The molecule has 0 saturated heterocycles. The summed E-state index contributed by atoms with van der Waals surface area (Å²) in [4.78, 5) is 9.59. The number of nitriles is 1. The molecule has 0 saturated carbocycles. The first-order valence-corrected chi connectivity index (χ1v) is 3.22. The van der Waals surface area contributed by atoms with Crippen LogP contribution in [0.25, 0.3) is 0 Å². The average Bonchev–Trinajstić information content (AvgIpc) is 2.07. The summed E-state index contributed by atoms with van der Waals surface area (Å²) in [6.45, 7) is 1.43. The number of para-hydroxylation sites is 1. The molecule has 0 spiro atoms. The van der Waals surface area contributed by atoms with E-state index in [9.17, 15) is 10.1 Å². The first kappa shape index (κ1) is 10.1. The van der Waals surface area contributed by atoms with Gasteiger partial charge in [0.1, 0.15) is 0 Å². The molecular formula is C8H8N2O2. The second-order valence-corrected chi connectivity index (χ2v) is 1.82. The minimum absolute atomic E-state index is 0.137. The fourth-order valence-electron chi connectivity index (χ4n) is 0.550. The Labute approximate surface area is 70.2 Å². The topological polar surface area (TPSA) is 66.9 Å². The molecule has 0 atom stereocenters. The van der Waals surface area contributed by atoms with Crippen molar-refractivity contribution in [1.29, 1.82) is 5.26 Å². The van der Waals surface area contributed by atoms with Crippen LogP contribution in [0.5, 0.6) is 0 Å². The summed E-state index contributed by atoms with van der Waals surface area (Å²) in [5.74, 6) is 0. The van der Waals surface area contributed by atoms with E-state index in [4.69, 9.17) is 5.26 Å². The molecule has 0 aromatic heterocycles. The van der Waals surface area contributed by atoms with Crippen molar-refractivity contribution in [2.24, 2.45) is 0 Å². The van der Waals surface area contributed by atoms with E-state index < -0.39 is 4.92 Å². The Bertz CT molecular complexity index is 277. The molecule has 1 rings (SSSR count). The van der Waals surface area contributed by atoms with E-state index in [-0.39, 0.29) is 5.69 Å². The van der Waals surface area contributed by atoms with E-state index in [1.54, 1.807) is 24.3 Å². The molecule has 0 aliphatic heterocycles. The molecule has 0 amide bonds. The molecule has 0 bridgehead atoms. The smallest absolute Gasteiger partial charge is 0.258 e. The van der Waals surface area contributed by atoms with Crippen LogP contribution >= 0.6 is 0 Å². The van der Waals surface area contributed by atoms with Crippen molar-refractivity contribution < 1.29 is 4.92 Å². The van der Waals surface area contributed by atoms with Crippen LogP contribution in [0.1, 0.15) is 6.92 Å². The number of benzene rings is 1. The number of non-ortho nitro benzene ring substituents is 1. The lowest BCUT2D eigenvalue weighted by atomic mass is 10.3. The third kappa shape index (κ3) is 4.01. The molecule has 0 radical (unpaired) electrons. The van der Waals surface area contributed by atoms with E-state index in [1.165, 1.54) is 19.1 Å². The van der Waals surface area contributed by atoms with Gasteiger partial charge in [0, 0.05) is 19.1 Å². The molecule has 0 fully saturated rings. The molecule has 1 aromatic carbocycles. The molecule has 0 aliphatic carbocycles. The maximum atomic E-state index is 10.0. The van der Waals surface area contributed by atoms with Crippen molar-refractivity contribution >= 4 is 5.69 Å². The third-order valence-electron chi connectivity index (χ3n) is 0.967. The highest BCUT2D eigenvalue weighted by Gasteiger charge is 1.98. The fraction of sp³-hybridized carbons (Fsp3) is 0.125. The van der Waals surface area contributed by atoms with Gasteiger partial charge in [-0.3, -0.25) is 10.1 Å². The van der Waals surface area contributed by atoms with Crippen LogP contribution in [-0.4, -0.2) is 4.92 Å². The lowest BCUT2D eigenvalue weighted by molar-refractivity contribution is -0.384. The maximum absolute atomic E-state index is 10.0. The Kier molecular flexibility index (Phi) is 4.94. The van der Waals surface area contributed by atoms with E-state index in [0.29, 0.717) is 0 Å². The van der Waals surface area contributed by atoms with Gasteiger partial charge >= 0.3 is 0 Å². The molecule has 0 heterocycles. The van der Waals surface area contributed by atoms with Gasteiger partial charge in [-0.15, -0.1) is 0 Å². The van der Waals surface area contributed by atoms with Crippen molar-refractivity contribution in [3.05, 3.63) is 40.4 Å². The molecule has 4 heteroatoms. The van der Waals surface area contributed by atoms with E-state index in [1.807, 2.05) is 0 Å². The zero-order valence-corrected chi connectivity index (χ0v) is 6.60. The molecule has 0 N–H and O–H groups in total. The monoisotopic (exact) mass is 164 g/mol. The molecule has 0 aliphatic rings. The van der Waals surface area contributed by atoms with Crippen LogP contribution in [0, 0.1) is 21.4 Å². The summed E-state index contributed by atoms with van der Waals surface area (Å²) in [5.41, 5.74) is 0.137. The first-order chi connectivity index (χ1) is 5.72. The molecular weight excluding hydrogens is 156 g/mol. The normalized spacial score (nSPS) is 7.33. The van der Waals surface area contributed by atoms with Crippen molar-refractivity contribution in [3.63, 3.8) is 0 Å². The first-order valence-electron chi connectivity index (χ1n) is 3.22. The molecule has 62 valence electrons. The predicted molar refractivity (Wildman–Crippen MR) is 44.4 cm³/mol. The SMILES string of the molecule is CC#N.O=[N+]([O-])c1ccccc1. The number of nitro groups is 1. The van der Waals surface area contributed by atoms with Gasteiger partial charge in [0.2, 0.25) is 0 Å². The largest absolute Gasteiger partial charge is 0.269 e. The fourth-order valence-corrected chi connectivity index (χ4v) is 0.550. The lowest BCUT2D eigenvalue weighted by Gasteiger charge is -1.85. The highest BCUT2D eigenvalue weighted by atomic mass is 16.6. The van der Waals surface area contributed by atoms with Gasteiger partial charge in [-0.05, 0) is 0 Å². The molecule has 0 unspecified atom stereocenters. The summed E-state index contributed by atoms with van der Waals surface area (Å²) in [5, 5.41) is 17.3. The van der Waals surface area contributed by atoms with Crippen molar-refractivity contribution in [3.8, 4) is 6.07 Å². The van der Waals surface area contributed by atoms with Crippen LogP contribution in [0.4, 0.5) is 5.69 Å². The summed E-state index contributed by atoms with van der Waals surface area (Å²) in [6, 6.07) is 9.68. The minimum Gasteiger partial charge on any atom is -0.258 e. The van der Waals surface area contributed by atoms with E-state index in [2.05, 4.69) is 0 Å². The van der Waals surface area contributed by atoms with Gasteiger partial charge in [0.05, 0.1) is 11.0 Å². The number of nitrogens with zero attached hydrogens (tertiary/aromatic N) is 2. The number of hydrogen-bond donors (Lipinski definition) is 0. The minimum atomic E-state index is -0.417. The van der Waals surface area contributed by atoms with E-state index >= 15 is 0 Å². The van der Waals surface area contributed by atoms with Crippen molar-refractivity contribution in [2.45, 2.75) is 6.92 Å². The van der Waals surface area contributed by atoms with Crippen LogP contribution in [0.15, 0.2) is 30.3 Å². The van der Waals surface area contributed by atoms with Gasteiger partial charge in [-0.25, -0.2) is 0 Å². The van der Waals surface area contributed by atoms with Gasteiger partial charge in [0.15, 0.2) is 0 Å². The quantitative estimate of drug-likeness (QED) is 0.471. The predicted octanol–water partition coefficient (Wildman–Crippen LogP) is 2.12. The third-order valence-corrected chi connectivity index (χ3v) is 0.967. The highest BCUT2D eigenvalue weighted by molar-refractivity contribution is 5.27. The molecule has 4 nitrogen and oxygen atoms in total. The number of hydrogen-bond acceptors (Lipinski definition) is 3. The zero-order valence-electron chi connectivity index (χ0n) is 6.60. The summed E-state index contributed by atoms with van der Waals surface area (Å²) >= 11 is 0. The Morgan fingerprint density at radius 3 is 2.08 bits per heavy atom. The molecule has 1 aromatic rings. The Morgan fingerprint density at radius 1 is 1.42 bits per heavy atom. The second-order valence-electron chi connectivity index (χ2n) is 1.82. The van der Waals surface area contributed by atoms with Gasteiger partial charge in [-0.2, -0.15) is 5.26 Å². The Hall–Kier alpha value is -1.89. The van der Waals surface area contributed by atoms with Crippen LogP contribution in [0.2, 0.25) is 0 Å². The molecule has 12 heavy (non-hydrogen) atoms. The lowest BCUT2D eigenvalue weighted by Crippen LogP contribution is -1.84. The van der Waals surface area contributed by atoms with Crippen LogP contribution in [0.3, 0.4) is 0 Å². The maximum Gasteiger partial charge on any atom is 0.269 e. The zero-order chi connectivity index (χ0) is 9.40. The van der Waals surface area contributed by atoms with Crippen LogP contribution < -0.4 is 0 Å². The van der Waals surface area contributed by atoms with Crippen molar-refractivity contribution in [1.82, 2.24) is 0 Å². The number of nitro benzene ring substituents is 1. The standard InChI is InChI=1S/C6H5NO2.C2H3N/c8-7(9)6-4-2-1-3-5-6;1-2-3/h1-5H;1H3. The average molecular weight is 164 g/mol. The van der Waals surface area contributed by atoms with Crippen molar-refractivity contribution in [2.75, 3.05) is 0 Å². The van der Waals surface area contributed by atoms with E-state index in [0.717, 1.165) is 0 Å². The Balaban J connectivity index is 0.000000354. The second kappa shape index (κ2) is 5.86. The Morgan fingerprint density at radius 2 is 1.83 bits per heavy atom. The summed E-state index contributed by atoms with van der Waals surface area (Å²) in [6.07, 6.45) is 0. The van der Waals surface area contributed by atoms with Gasteiger partial charge in [0.25, 0.3) is 5.69 Å². The highest BCUT2D eigenvalue weighted by Crippen LogP contribution is 2.06. The summed E-state index contributed by atoms with van der Waals surface area (Å²) in [7, 11) is 0. The van der Waals surface area contributed by atoms with Crippen LogP contribution in [-0.2, 0) is 0 Å².